The van der Waals surface area contributed by atoms with Crippen LogP contribution in [0.4, 0.5) is 0 Å². The van der Waals surface area contributed by atoms with E-state index in [4.69, 9.17) is 0 Å². The predicted octanol–water partition coefficient (Wildman–Crippen LogP) is 3.72. The zero-order chi connectivity index (χ0) is 12.9. The molecule has 0 aliphatic rings. The van der Waals surface area contributed by atoms with Crippen molar-refractivity contribution in [3.63, 3.8) is 0 Å². The average molecular weight is 370 g/mol. The second-order valence-corrected chi connectivity index (χ2v) is 5.46. The zero-order valence-corrected chi connectivity index (χ0v) is 12.0. The Morgan fingerprint density at radius 2 is 1.06 bits per heavy atom. The number of fused-ring (bicyclic) bond motifs is 2. The van der Waals surface area contributed by atoms with Gasteiger partial charge in [-0.15, -0.1) is 0 Å². The minimum absolute atomic E-state index is 0.0536. The lowest BCUT2D eigenvalue weighted by Gasteiger charge is -2.06. The number of aromatic nitrogens is 2. The SMILES string of the molecule is Oc1ccc(Br)c2nc3c(O)ccc(Br)c3nc12. The highest BCUT2D eigenvalue weighted by molar-refractivity contribution is 9.11. The van der Waals surface area contributed by atoms with Crippen LogP contribution in [0.5, 0.6) is 11.5 Å². The Morgan fingerprint density at radius 3 is 1.44 bits per heavy atom. The molecule has 0 spiro atoms. The molecule has 0 aliphatic carbocycles. The molecule has 2 N–H and O–H groups in total. The standard InChI is InChI=1S/C12H6Br2N2O2/c13-5-1-3-7(17)11-9(5)15-12-8(18)4-2-6(14)10(12)16-11/h1-4,17-18H. The van der Waals surface area contributed by atoms with Crippen molar-refractivity contribution in [2.75, 3.05) is 0 Å². The third-order valence-electron chi connectivity index (χ3n) is 2.61. The maximum atomic E-state index is 9.81. The summed E-state index contributed by atoms with van der Waals surface area (Å²) in [6, 6.07) is 6.47. The molecule has 4 nitrogen and oxygen atoms in total. The largest absolute Gasteiger partial charge is 0.506 e. The molecule has 0 fully saturated rings. The van der Waals surface area contributed by atoms with Gasteiger partial charge in [-0.25, -0.2) is 9.97 Å². The molecule has 18 heavy (non-hydrogen) atoms. The van der Waals surface area contributed by atoms with Gasteiger partial charge in [0.05, 0.1) is 0 Å². The average Bonchev–Trinajstić information content (AvgIpc) is 2.37. The topological polar surface area (TPSA) is 66.2 Å². The Balaban J connectivity index is 2.59. The monoisotopic (exact) mass is 368 g/mol. The second-order valence-electron chi connectivity index (χ2n) is 3.75. The Hall–Kier alpha value is -1.40. The van der Waals surface area contributed by atoms with Crippen molar-refractivity contribution in [2.45, 2.75) is 0 Å². The van der Waals surface area contributed by atoms with Gasteiger partial charge in [0.15, 0.2) is 0 Å². The van der Waals surface area contributed by atoms with E-state index in [1.54, 1.807) is 24.3 Å². The summed E-state index contributed by atoms with van der Waals surface area (Å²) in [5.74, 6) is 0.107. The summed E-state index contributed by atoms with van der Waals surface area (Å²) in [5.41, 5.74) is 1.80. The van der Waals surface area contributed by atoms with Gasteiger partial charge in [0, 0.05) is 8.95 Å². The summed E-state index contributed by atoms with van der Waals surface area (Å²) in [7, 11) is 0. The summed E-state index contributed by atoms with van der Waals surface area (Å²) in [6.07, 6.45) is 0. The van der Waals surface area contributed by atoms with Crippen molar-refractivity contribution in [1.82, 2.24) is 9.97 Å². The number of benzene rings is 2. The molecule has 0 saturated heterocycles. The molecule has 1 aromatic heterocycles. The Kier molecular flexibility index (Phi) is 2.64. The minimum atomic E-state index is 0.0536. The molecule has 0 amide bonds. The highest BCUT2D eigenvalue weighted by atomic mass is 79.9. The van der Waals surface area contributed by atoms with Gasteiger partial charge in [0.25, 0.3) is 0 Å². The number of phenolic OH excluding ortho intramolecular Hbond substituents is 2. The fraction of sp³-hybridized carbons (Fsp3) is 0. The summed E-state index contributed by atoms with van der Waals surface area (Å²) in [5, 5.41) is 19.6. The molecule has 6 heteroatoms. The maximum Gasteiger partial charge on any atom is 0.143 e. The van der Waals surface area contributed by atoms with Gasteiger partial charge in [0.2, 0.25) is 0 Å². The van der Waals surface area contributed by atoms with Crippen LogP contribution in [0, 0.1) is 0 Å². The normalized spacial score (nSPS) is 11.2. The van der Waals surface area contributed by atoms with Gasteiger partial charge in [-0.2, -0.15) is 0 Å². The van der Waals surface area contributed by atoms with E-state index in [9.17, 15) is 10.2 Å². The molecule has 0 bridgehead atoms. The highest BCUT2D eigenvalue weighted by Gasteiger charge is 2.13. The quantitative estimate of drug-likeness (QED) is 0.592. The Bertz CT molecular complexity index is 661. The third-order valence-corrected chi connectivity index (χ3v) is 3.89. The number of phenols is 2. The van der Waals surface area contributed by atoms with Crippen LogP contribution in [0.2, 0.25) is 0 Å². The van der Waals surface area contributed by atoms with E-state index in [1.165, 1.54) is 0 Å². The van der Waals surface area contributed by atoms with Gasteiger partial charge in [-0.3, -0.25) is 0 Å². The fourth-order valence-electron chi connectivity index (χ4n) is 1.75. The van der Waals surface area contributed by atoms with Crippen LogP contribution in [-0.2, 0) is 0 Å². The highest BCUT2D eigenvalue weighted by Crippen LogP contribution is 2.34. The van der Waals surface area contributed by atoms with Gasteiger partial charge < -0.3 is 10.2 Å². The number of hydrogen-bond donors (Lipinski definition) is 2. The first-order valence-corrected chi connectivity index (χ1v) is 6.63. The van der Waals surface area contributed by atoms with E-state index in [-0.39, 0.29) is 11.5 Å². The van der Waals surface area contributed by atoms with E-state index in [1.807, 2.05) is 0 Å². The van der Waals surface area contributed by atoms with E-state index in [2.05, 4.69) is 41.8 Å². The molecule has 0 unspecified atom stereocenters. The first kappa shape index (κ1) is 11.7. The van der Waals surface area contributed by atoms with Gasteiger partial charge in [-0.1, -0.05) is 0 Å². The first-order chi connectivity index (χ1) is 8.58. The summed E-state index contributed by atoms with van der Waals surface area (Å²) in [4.78, 5) is 8.70. The van der Waals surface area contributed by atoms with E-state index in [0.717, 1.165) is 0 Å². The van der Waals surface area contributed by atoms with Crippen LogP contribution in [0.15, 0.2) is 33.2 Å². The molecule has 0 radical (unpaired) electrons. The molecule has 1 heterocycles. The van der Waals surface area contributed by atoms with Crippen molar-refractivity contribution < 1.29 is 10.2 Å². The van der Waals surface area contributed by atoms with Crippen molar-refractivity contribution in [2.24, 2.45) is 0 Å². The summed E-state index contributed by atoms with van der Waals surface area (Å²) < 4.78 is 1.42. The van der Waals surface area contributed by atoms with Crippen molar-refractivity contribution in [1.29, 1.82) is 0 Å². The van der Waals surface area contributed by atoms with E-state index in [0.29, 0.717) is 31.0 Å². The smallest absolute Gasteiger partial charge is 0.143 e. The number of nitrogens with zero attached hydrogens (tertiary/aromatic N) is 2. The molecule has 3 aromatic rings. The first-order valence-electron chi connectivity index (χ1n) is 5.04. The molecule has 0 aliphatic heterocycles. The van der Waals surface area contributed by atoms with Crippen molar-refractivity contribution in [3.05, 3.63) is 33.2 Å². The lowest BCUT2D eigenvalue weighted by Crippen LogP contribution is -1.90. The molecule has 2 aromatic carbocycles. The second kappa shape index (κ2) is 4.07. The number of rotatable bonds is 0. The van der Waals surface area contributed by atoms with Crippen LogP contribution in [0.1, 0.15) is 0 Å². The Morgan fingerprint density at radius 1 is 0.667 bits per heavy atom. The van der Waals surface area contributed by atoms with Crippen LogP contribution in [0.25, 0.3) is 22.1 Å². The van der Waals surface area contributed by atoms with Crippen LogP contribution in [0.3, 0.4) is 0 Å². The molecule has 0 saturated carbocycles. The van der Waals surface area contributed by atoms with Crippen molar-refractivity contribution in [3.8, 4) is 11.5 Å². The molecular weight excluding hydrogens is 364 g/mol. The Labute approximate surface area is 119 Å². The lowest BCUT2D eigenvalue weighted by atomic mass is 10.2. The number of halogens is 2. The van der Waals surface area contributed by atoms with E-state index < -0.39 is 0 Å². The fourth-order valence-corrected chi connectivity index (χ4v) is 2.56. The van der Waals surface area contributed by atoms with Crippen LogP contribution in [-0.4, -0.2) is 20.2 Å². The van der Waals surface area contributed by atoms with E-state index >= 15 is 0 Å². The predicted molar refractivity (Wildman–Crippen MR) is 75.8 cm³/mol. The summed E-state index contributed by atoms with van der Waals surface area (Å²) >= 11 is 6.71. The third kappa shape index (κ3) is 1.64. The maximum absolute atomic E-state index is 9.81. The molecule has 90 valence electrons. The van der Waals surface area contributed by atoms with Gasteiger partial charge >= 0.3 is 0 Å². The number of aromatic hydroxyl groups is 2. The molecule has 3 rings (SSSR count). The molecule has 0 atom stereocenters. The van der Waals surface area contributed by atoms with Crippen LogP contribution < -0.4 is 0 Å². The van der Waals surface area contributed by atoms with Gasteiger partial charge in [-0.05, 0) is 56.1 Å². The van der Waals surface area contributed by atoms with Gasteiger partial charge in [0.1, 0.15) is 33.6 Å². The zero-order valence-electron chi connectivity index (χ0n) is 8.85. The van der Waals surface area contributed by atoms with Crippen molar-refractivity contribution >= 4 is 53.9 Å². The van der Waals surface area contributed by atoms with Crippen LogP contribution >= 0.6 is 31.9 Å². The summed E-state index contributed by atoms with van der Waals surface area (Å²) in [6.45, 7) is 0. The lowest BCUT2D eigenvalue weighted by molar-refractivity contribution is 0.478. The molecular formula is C12H6Br2N2O2. The minimum Gasteiger partial charge on any atom is -0.506 e. The number of hydrogen-bond acceptors (Lipinski definition) is 4.